The molecule has 0 radical (unpaired) electrons. The van der Waals surface area contributed by atoms with E-state index >= 15 is 0 Å². The van der Waals surface area contributed by atoms with Gasteiger partial charge in [-0.25, -0.2) is 8.78 Å². The molecule has 0 saturated carbocycles. The standard InChI is InChI=1S/C7H11F2NO3/c1-4(11)10-3-5(7(8)9)2-6(12)13/h5,7H,2-3H2,1H3,(H,10,11)(H,12,13). The average Bonchev–Trinajstić information content (AvgIpc) is 1.96. The van der Waals surface area contributed by atoms with Crippen molar-refractivity contribution < 1.29 is 23.5 Å². The van der Waals surface area contributed by atoms with E-state index in [0.29, 0.717) is 0 Å². The van der Waals surface area contributed by atoms with Crippen molar-refractivity contribution in [2.24, 2.45) is 5.92 Å². The Morgan fingerprint density at radius 2 is 2.00 bits per heavy atom. The smallest absolute Gasteiger partial charge is 0.303 e. The molecule has 0 aliphatic carbocycles. The largest absolute Gasteiger partial charge is 0.481 e. The number of carboxylic acid groups (broad SMARTS) is 1. The first kappa shape index (κ1) is 11.8. The molecule has 13 heavy (non-hydrogen) atoms. The minimum Gasteiger partial charge on any atom is -0.481 e. The molecular weight excluding hydrogens is 184 g/mol. The van der Waals surface area contributed by atoms with Gasteiger partial charge in [0.05, 0.1) is 6.42 Å². The van der Waals surface area contributed by atoms with Crippen LogP contribution in [-0.2, 0) is 9.59 Å². The first-order valence-corrected chi connectivity index (χ1v) is 3.68. The molecule has 2 N–H and O–H groups in total. The van der Waals surface area contributed by atoms with E-state index in [0.717, 1.165) is 0 Å². The summed E-state index contributed by atoms with van der Waals surface area (Å²) in [7, 11) is 0. The van der Waals surface area contributed by atoms with Crippen LogP contribution in [0.1, 0.15) is 13.3 Å². The van der Waals surface area contributed by atoms with Gasteiger partial charge in [0.25, 0.3) is 0 Å². The molecule has 0 aromatic rings. The number of amides is 1. The summed E-state index contributed by atoms with van der Waals surface area (Å²) in [5.41, 5.74) is 0. The Kier molecular flexibility index (Phi) is 4.94. The van der Waals surface area contributed by atoms with E-state index in [2.05, 4.69) is 5.32 Å². The van der Waals surface area contributed by atoms with Gasteiger partial charge in [-0.05, 0) is 0 Å². The highest BCUT2D eigenvalue weighted by Crippen LogP contribution is 2.12. The number of alkyl halides is 2. The third kappa shape index (κ3) is 6.01. The SMILES string of the molecule is CC(=O)NCC(CC(=O)O)C(F)F. The number of carbonyl (C=O) groups excluding carboxylic acids is 1. The number of halogens is 2. The molecule has 4 nitrogen and oxygen atoms in total. The first-order valence-electron chi connectivity index (χ1n) is 3.68. The number of carbonyl (C=O) groups is 2. The highest BCUT2D eigenvalue weighted by atomic mass is 19.3. The second-order valence-electron chi connectivity index (χ2n) is 2.63. The molecule has 0 fully saturated rings. The van der Waals surface area contributed by atoms with Crippen LogP contribution in [0.3, 0.4) is 0 Å². The van der Waals surface area contributed by atoms with Crippen molar-refractivity contribution in [2.75, 3.05) is 6.54 Å². The lowest BCUT2D eigenvalue weighted by Gasteiger charge is -2.13. The van der Waals surface area contributed by atoms with Gasteiger partial charge in [-0.3, -0.25) is 9.59 Å². The van der Waals surface area contributed by atoms with Gasteiger partial charge in [-0.1, -0.05) is 0 Å². The highest BCUT2D eigenvalue weighted by molar-refractivity contribution is 5.73. The molecule has 0 bridgehead atoms. The Morgan fingerprint density at radius 3 is 2.31 bits per heavy atom. The van der Waals surface area contributed by atoms with Gasteiger partial charge < -0.3 is 10.4 Å². The number of aliphatic carboxylic acids is 1. The Bertz CT molecular complexity index is 196. The zero-order valence-corrected chi connectivity index (χ0v) is 7.09. The van der Waals surface area contributed by atoms with Gasteiger partial charge in [0.1, 0.15) is 0 Å². The summed E-state index contributed by atoms with van der Waals surface area (Å²) >= 11 is 0. The van der Waals surface area contributed by atoms with Crippen LogP contribution in [0.4, 0.5) is 8.78 Å². The van der Waals surface area contributed by atoms with E-state index in [4.69, 9.17) is 5.11 Å². The summed E-state index contributed by atoms with van der Waals surface area (Å²) in [4.78, 5) is 20.5. The Balaban J connectivity index is 3.95. The van der Waals surface area contributed by atoms with Gasteiger partial charge in [-0.2, -0.15) is 0 Å². The molecule has 0 aliphatic heterocycles. The predicted octanol–water partition coefficient (Wildman–Crippen LogP) is 0.478. The van der Waals surface area contributed by atoms with Crippen LogP contribution >= 0.6 is 0 Å². The normalized spacial score (nSPS) is 12.6. The summed E-state index contributed by atoms with van der Waals surface area (Å²) in [6.45, 7) is 0.878. The number of rotatable bonds is 5. The number of hydrogen-bond acceptors (Lipinski definition) is 2. The van der Waals surface area contributed by atoms with Crippen LogP contribution in [0.25, 0.3) is 0 Å². The van der Waals surface area contributed by atoms with Crippen LogP contribution in [0.2, 0.25) is 0 Å². The van der Waals surface area contributed by atoms with Crippen molar-refractivity contribution >= 4 is 11.9 Å². The van der Waals surface area contributed by atoms with Gasteiger partial charge in [-0.15, -0.1) is 0 Å². The van der Waals surface area contributed by atoms with Crippen LogP contribution in [-0.4, -0.2) is 30.0 Å². The van der Waals surface area contributed by atoms with Crippen molar-refractivity contribution in [1.82, 2.24) is 5.32 Å². The quantitative estimate of drug-likeness (QED) is 0.670. The fourth-order valence-corrected chi connectivity index (χ4v) is 0.749. The van der Waals surface area contributed by atoms with Gasteiger partial charge in [0.2, 0.25) is 12.3 Å². The fourth-order valence-electron chi connectivity index (χ4n) is 0.749. The third-order valence-electron chi connectivity index (χ3n) is 1.41. The highest BCUT2D eigenvalue weighted by Gasteiger charge is 2.23. The van der Waals surface area contributed by atoms with E-state index in [1.165, 1.54) is 6.92 Å². The fraction of sp³-hybridized carbons (Fsp3) is 0.714. The summed E-state index contributed by atoms with van der Waals surface area (Å²) in [5.74, 6) is -3.06. The van der Waals surface area contributed by atoms with Gasteiger partial charge in [0.15, 0.2) is 0 Å². The topological polar surface area (TPSA) is 66.4 Å². The minimum absolute atomic E-state index is 0.306. The Morgan fingerprint density at radius 1 is 1.46 bits per heavy atom. The maximum atomic E-state index is 12.1. The Hall–Kier alpha value is -1.20. The number of carboxylic acids is 1. The maximum Gasteiger partial charge on any atom is 0.303 e. The number of nitrogens with one attached hydrogen (secondary N) is 1. The molecule has 0 aromatic heterocycles. The van der Waals surface area contributed by atoms with Crippen LogP contribution in [0.15, 0.2) is 0 Å². The van der Waals surface area contributed by atoms with Crippen molar-refractivity contribution in [3.63, 3.8) is 0 Å². The molecular formula is C7H11F2NO3. The average molecular weight is 195 g/mol. The third-order valence-corrected chi connectivity index (χ3v) is 1.41. The zero-order chi connectivity index (χ0) is 10.4. The Labute approximate surface area is 73.9 Å². The van der Waals surface area contributed by atoms with Gasteiger partial charge in [0, 0.05) is 19.4 Å². The molecule has 0 heterocycles. The molecule has 6 heteroatoms. The molecule has 76 valence electrons. The van der Waals surface area contributed by atoms with Crippen molar-refractivity contribution in [3.05, 3.63) is 0 Å². The van der Waals surface area contributed by atoms with E-state index < -0.39 is 30.6 Å². The van der Waals surface area contributed by atoms with E-state index in [1.807, 2.05) is 0 Å². The van der Waals surface area contributed by atoms with E-state index in [9.17, 15) is 18.4 Å². The lowest BCUT2D eigenvalue weighted by molar-refractivity contribution is -0.139. The number of hydrogen-bond donors (Lipinski definition) is 2. The molecule has 0 rings (SSSR count). The minimum atomic E-state index is -2.73. The van der Waals surface area contributed by atoms with E-state index in [-0.39, 0.29) is 6.54 Å². The van der Waals surface area contributed by atoms with Crippen LogP contribution in [0.5, 0.6) is 0 Å². The molecule has 0 aliphatic rings. The predicted molar refractivity (Wildman–Crippen MR) is 40.4 cm³/mol. The lowest BCUT2D eigenvalue weighted by Crippen LogP contribution is -2.32. The summed E-state index contributed by atoms with van der Waals surface area (Å²) in [6, 6.07) is 0. The molecule has 0 aromatic carbocycles. The summed E-state index contributed by atoms with van der Waals surface area (Å²) in [6.07, 6.45) is -3.37. The van der Waals surface area contributed by atoms with Gasteiger partial charge >= 0.3 is 5.97 Å². The summed E-state index contributed by atoms with van der Waals surface area (Å²) in [5, 5.41) is 10.4. The van der Waals surface area contributed by atoms with Crippen molar-refractivity contribution in [3.8, 4) is 0 Å². The monoisotopic (exact) mass is 195 g/mol. The van der Waals surface area contributed by atoms with Crippen molar-refractivity contribution in [1.29, 1.82) is 0 Å². The van der Waals surface area contributed by atoms with Crippen molar-refractivity contribution in [2.45, 2.75) is 19.8 Å². The molecule has 0 spiro atoms. The van der Waals surface area contributed by atoms with Crippen LogP contribution in [0, 0.1) is 5.92 Å². The maximum absolute atomic E-state index is 12.1. The van der Waals surface area contributed by atoms with E-state index in [1.54, 1.807) is 0 Å². The molecule has 1 unspecified atom stereocenters. The molecule has 0 saturated heterocycles. The second-order valence-corrected chi connectivity index (χ2v) is 2.63. The summed E-state index contributed by atoms with van der Waals surface area (Å²) < 4.78 is 24.2. The van der Waals surface area contributed by atoms with Crippen LogP contribution < -0.4 is 5.32 Å². The first-order chi connectivity index (χ1) is 5.93. The zero-order valence-electron chi connectivity index (χ0n) is 7.09. The lowest BCUT2D eigenvalue weighted by atomic mass is 10.1. The second kappa shape index (κ2) is 5.45. The molecule has 1 amide bonds. The molecule has 1 atom stereocenters.